The molecular formula is C17H22N2O4. The molecule has 1 amide bonds. The van der Waals surface area contributed by atoms with E-state index < -0.39 is 12.0 Å². The van der Waals surface area contributed by atoms with Crippen molar-refractivity contribution in [1.29, 1.82) is 0 Å². The molecule has 2 N–H and O–H groups in total. The Bertz CT molecular complexity index is 656. The molecule has 1 aromatic heterocycles. The quantitative estimate of drug-likeness (QED) is 0.885. The van der Waals surface area contributed by atoms with Crippen LogP contribution in [-0.4, -0.2) is 17.0 Å². The fraction of sp³-hybridized carbons (Fsp3) is 0.412. The molecule has 0 saturated carbocycles. The molecule has 0 radical (unpaired) electrons. The molecule has 0 fully saturated rings. The first-order chi connectivity index (χ1) is 10.8. The highest BCUT2D eigenvalue weighted by Gasteiger charge is 2.19. The van der Waals surface area contributed by atoms with E-state index in [2.05, 4.69) is 25.8 Å². The smallest absolute Gasteiger partial charge is 0.258 e. The SMILES string of the molecule is C[C@@H](Oc1ccc(OCc2ncc(C(C)(C)C)o2)cc1)C(N)=O. The number of nitrogens with zero attached hydrogens (tertiary/aromatic N) is 1. The van der Waals surface area contributed by atoms with Crippen LogP contribution in [0.2, 0.25) is 0 Å². The van der Waals surface area contributed by atoms with Gasteiger partial charge in [0.05, 0.1) is 6.20 Å². The van der Waals surface area contributed by atoms with E-state index in [9.17, 15) is 4.79 Å². The average molecular weight is 318 g/mol. The molecule has 0 saturated heterocycles. The van der Waals surface area contributed by atoms with E-state index in [1.165, 1.54) is 0 Å². The van der Waals surface area contributed by atoms with Crippen molar-refractivity contribution in [3.63, 3.8) is 0 Å². The fourth-order valence-corrected chi connectivity index (χ4v) is 1.75. The Kier molecular flexibility index (Phi) is 4.93. The number of nitrogens with two attached hydrogens (primary N) is 1. The Morgan fingerprint density at radius 1 is 1.26 bits per heavy atom. The molecule has 2 rings (SSSR count). The summed E-state index contributed by atoms with van der Waals surface area (Å²) >= 11 is 0. The first kappa shape index (κ1) is 16.9. The number of carbonyl (C=O) groups excluding carboxylic acids is 1. The third-order valence-corrected chi connectivity index (χ3v) is 3.19. The number of primary amides is 1. The number of oxazole rings is 1. The predicted molar refractivity (Wildman–Crippen MR) is 85.3 cm³/mol. The van der Waals surface area contributed by atoms with Crippen LogP contribution < -0.4 is 15.2 Å². The topological polar surface area (TPSA) is 87.6 Å². The second-order valence-electron chi connectivity index (χ2n) is 6.29. The minimum Gasteiger partial charge on any atom is -0.484 e. The van der Waals surface area contributed by atoms with Crippen molar-refractivity contribution in [3.8, 4) is 11.5 Å². The van der Waals surface area contributed by atoms with Crippen LogP contribution >= 0.6 is 0 Å². The molecule has 6 heteroatoms. The molecule has 0 aliphatic heterocycles. The maximum absolute atomic E-state index is 11.0. The highest BCUT2D eigenvalue weighted by atomic mass is 16.5. The Hall–Kier alpha value is -2.50. The number of ether oxygens (including phenoxy) is 2. The van der Waals surface area contributed by atoms with Gasteiger partial charge in [-0.05, 0) is 31.2 Å². The first-order valence-electron chi connectivity index (χ1n) is 7.40. The standard InChI is InChI=1S/C17H22N2O4/c1-11(16(18)20)22-13-7-5-12(6-8-13)21-10-15-19-9-14(23-15)17(2,3)4/h5-9,11H,10H2,1-4H3,(H2,18,20)/t11-/m1/s1. The van der Waals surface area contributed by atoms with Crippen molar-refractivity contribution in [3.05, 3.63) is 42.1 Å². The molecule has 0 aliphatic rings. The van der Waals surface area contributed by atoms with Crippen LogP contribution in [0, 0.1) is 0 Å². The summed E-state index contributed by atoms with van der Waals surface area (Å²) in [6.07, 6.45) is 1.05. The molecule has 6 nitrogen and oxygen atoms in total. The first-order valence-corrected chi connectivity index (χ1v) is 7.40. The molecule has 0 bridgehead atoms. The van der Waals surface area contributed by atoms with Gasteiger partial charge >= 0.3 is 0 Å². The monoisotopic (exact) mass is 318 g/mol. The summed E-state index contributed by atoms with van der Waals surface area (Å²) in [7, 11) is 0. The average Bonchev–Trinajstić information content (AvgIpc) is 2.95. The van der Waals surface area contributed by atoms with Crippen molar-refractivity contribution in [1.82, 2.24) is 4.98 Å². The van der Waals surface area contributed by atoms with Crippen molar-refractivity contribution < 1.29 is 18.7 Å². The van der Waals surface area contributed by atoms with E-state index in [1.807, 2.05) is 0 Å². The predicted octanol–water partition coefficient (Wildman–Crippen LogP) is 2.80. The molecule has 0 aliphatic carbocycles. The second kappa shape index (κ2) is 6.73. The zero-order chi connectivity index (χ0) is 17.0. The number of rotatable bonds is 6. The minimum absolute atomic E-state index is 0.0820. The summed E-state index contributed by atoms with van der Waals surface area (Å²) in [6, 6.07) is 6.92. The summed E-state index contributed by atoms with van der Waals surface area (Å²) in [4.78, 5) is 15.2. The van der Waals surface area contributed by atoms with Gasteiger partial charge in [-0.25, -0.2) is 4.98 Å². The van der Waals surface area contributed by atoms with E-state index >= 15 is 0 Å². The minimum atomic E-state index is -0.676. The van der Waals surface area contributed by atoms with Gasteiger partial charge in [0.15, 0.2) is 12.7 Å². The van der Waals surface area contributed by atoms with E-state index in [1.54, 1.807) is 37.4 Å². The molecule has 2 aromatic rings. The Morgan fingerprint density at radius 3 is 2.39 bits per heavy atom. The van der Waals surface area contributed by atoms with Crippen LogP contribution in [0.25, 0.3) is 0 Å². The summed E-state index contributed by atoms with van der Waals surface area (Å²) in [6.45, 7) is 8.02. The lowest BCUT2D eigenvalue weighted by Gasteiger charge is -2.13. The summed E-state index contributed by atoms with van der Waals surface area (Å²) in [5.41, 5.74) is 5.07. The number of hydrogen-bond acceptors (Lipinski definition) is 5. The normalized spacial score (nSPS) is 12.7. The van der Waals surface area contributed by atoms with Crippen molar-refractivity contribution in [2.75, 3.05) is 0 Å². The summed E-state index contributed by atoms with van der Waals surface area (Å²) in [5, 5.41) is 0. The van der Waals surface area contributed by atoms with Crippen LogP contribution in [0.5, 0.6) is 11.5 Å². The number of amides is 1. The molecule has 1 atom stereocenters. The van der Waals surface area contributed by atoms with E-state index in [-0.39, 0.29) is 12.0 Å². The second-order valence-corrected chi connectivity index (χ2v) is 6.29. The molecule has 0 spiro atoms. The summed E-state index contributed by atoms with van der Waals surface area (Å²) in [5.74, 6) is 2.04. The summed E-state index contributed by atoms with van der Waals surface area (Å²) < 4.78 is 16.7. The van der Waals surface area contributed by atoms with Gasteiger partial charge in [-0.1, -0.05) is 20.8 Å². The Labute approximate surface area is 135 Å². The van der Waals surface area contributed by atoms with Crippen molar-refractivity contribution >= 4 is 5.91 Å². The van der Waals surface area contributed by atoms with E-state index in [0.29, 0.717) is 17.4 Å². The lowest BCUT2D eigenvalue weighted by atomic mass is 9.94. The molecule has 1 aromatic carbocycles. The molecule has 23 heavy (non-hydrogen) atoms. The van der Waals surface area contributed by atoms with Gasteiger partial charge in [0.25, 0.3) is 5.91 Å². The van der Waals surface area contributed by atoms with E-state index in [4.69, 9.17) is 19.6 Å². The number of carbonyl (C=O) groups is 1. The van der Waals surface area contributed by atoms with Crippen LogP contribution in [0.3, 0.4) is 0 Å². The lowest BCUT2D eigenvalue weighted by Crippen LogP contribution is -2.30. The molecule has 124 valence electrons. The Morgan fingerprint density at radius 2 is 1.87 bits per heavy atom. The van der Waals surface area contributed by atoms with Gasteiger partial charge in [0, 0.05) is 5.41 Å². The largest absolute Gasteiger partial charge is 0.484 e. The van der Waals surface area contributed by atoms with Gasteiger partial charge < -0.3 is 19.6 Å². The van der Waals surface area contributed by atoms with Crippen LogP contribution in [0.4, 0.5) is 0 Å². The zero-order valence-electron chi connectivity index (χ0n) is 13.8. The maximum Gasteiger partial charge on any atom is 0.258 e. The molecular weight excluding hydrogens is 296 g/mol. The number of hydrogen-bond donors (Lipinski definition) is 1. The van der Waals surface area contributed by atoms with Gasteiger partial charge in [-0.15, -0.1) is 0 Å². The third kappa shape index (κ3) is 4.74. The fourth-order valence-electron chi connectivity index (χ4n) is 1.75. The zero-order valence-corrected chi connectivity index (χ0v) is 13.8. The number of aromatic nitrogens is 1. The van der Waals surface area contributed by atoms with Gasteiger partial charge in [-0.3, -0.25) is 4.79 Å². The maximum atomic E-state index is 11.0. The highest BCUT2D eigenvalue weighted by Crippen LogP contribution is 2.24. The van der Waals surface area contributed by atoms with Crippen molar-refractivity contribution in [2.24, 2.45) is 5.73 Å². The van der Waals surface area contributed by atoms with Crippen LogP contribution in [0.15, 0.2) is 34.9 Å². The highest BCUT2D eigenvalue weighted by molar-refractivity contribution is 5.78. The number of benzene rings is 1. The molecule has 0 unspecified atom stereocenters. The van der Waals surface area contributed by atoms with Gasteiger partial charge in [-0.2, -0.15) is 0 Å². The Balaban J connectivity index is 1.91. The third-order valence-electron chi connectivity index (χ3n) is 3.19. The van der Waals surface area contributed by atoms with E-state index in [0.717, 1.165) is 5.76 Å². The lowest BCUT2D eigenvalue weighted by molar-refractivity contribution is -0.123. The van der Waals surface area contributed by atoms with Crippen molar-refractivity contribution in [2.45, 2.75) is 45.8 Å². The molecule has 1 heterocycles. The van der Waals surface area contributed by atoms with Crippen LogP contribution in [0.1, 0.15) is 39.3 Å². The van der Waals surface area contributed by atoms with Gasteiger partial charge in [0.2, 0.25) is 5.89 Å². The van der Waals surface area contributed by atoms with Crippen LogP contribution in [-0.2, 0) is 16.8 Å². The van der Waals surface area contributed by atoms with Gasteiger partial charge in [0.1, 0.15) is 17.3 Å².